The van der Waals surface area contributed by atoms with Crippen LogP contribution in [0.25, 0.3) is 0 Å². The number of ether oxygens (including phenoxy) is 3. The number of rotatable bonds is 8. The van der Waals surface area contributed by atoms with Crippen molar-refractivity contribution in [2.75, 3.05) is 13.7 Å². The number of urea groups is 1. The molecule has 0 aliphatic carbocycles. The number of carbonyl (C=O) groups excluding carboxylic acids is 3. The van der Waals surface area contributed by atoms with Crippen molar-refractivity contribution in [3.8, 4) is 11.5 Å². The number of benzene rings is 2. The molecule has 0 radical (unpaired) electrons. The first-order valence-electron chi connectivity index (χ1n) is 9.19. The maximum absolute atomic E-state index is 12.4. The van der Waals surface area contributed by atoms with E-state index in [9.17, 15) is 14.4 Å². The number of imide groups is 1. The number of esters is 1. The molecule has 30 heavy (non-hydrogen) atoms. The SMILES string of the molecule is CCNC(=O)NC(=O)C(C)OC(=O)c1ccc(OCc2ccc(Cl)cc2)c(OC)c1. The smallest absolute Gasteiger partial charge is 0.339 e. The van der Waals surface area contributed by atoms with E-state index in [0.29, 0.717) is 23.1 Å². The lowest BCUT2D eigenvalue weighted by Gasteiger charge is -2.15. The first kappa shape index (κ1) is 23.0. The molecule has 0 aliphatic heterocycles. The quantitative estimate of drug-likeness (QED) is 0.618. The summed E-state index contributed by atoms with van der Waals surface area (Å²) in [5, 5.41) is 5.13. The number of hydrogen-bond donors (Lipinski definition) is 2. The third kappa shape index (κ3) is 6.66. The summed E-state index contributed by atoms with van der Waals surface area (Å²) in [6.07, 6.45) is -1.16. The highest BCUT2D eigenvalue weighted by Crippen LogP contribution is 2.29. The van der Waals surface area contributed by atoms with Gasteiger partial charge in [0, 0.05) is 11.6 Å². The predicted octanol–water partition coefficient (Wildman–Crippen LogP) is 3.32. The molecule has 1 unspecified atom stereocenters. The number of hydrogen-bond acceptors (Lipinski definition) is 6. The van der Waals surface area contributed by atoms with Gasteiger partial charge < -0.3 is 19.5 Å². The van der Waals surface area contributed by atoms with E-state index >= 15 is 0 Å². The minimum absolute atomic E-state index is 0.170. The first-order chi connectivity index (χ1) is 14.3. The molecule has 1 atom stereocenters. The van der Waals surface area contributed by atoms with Gasteiger partial charge in [-0.25, -0.2) is 9.59 Å². The van der Waals surface area contributed by atoms with Gasteiger partial charge >= 0.3 is 12.0 Å². The van der Waals surface area contributed by atoms with Gasteiger partial charge in [-0.1, -0.05) is 23.7 Å². The summed E-state index contributed by atoms with van der Waals surface area (Å²) < 4.78 is 16.2. The number of amides is 3. The van der Waals surface area contributed by atoms with Crippen LogP contribution in [0.2, 0.25) is 5.02 Å². The van der Waals surface area contributed by atoms with E-state index in [2.05, 4.69) is 10.6 Å². The summed E-state index contributed by atoms with van der Waals surface area (Å²) in [6, 6.07) is 11.1. The van der Waals surface area contributed by atoms with E-state index in [-0.39, 0.29) is 12.2 Å². The van der Waals surface area contributed by atoms with Crippen molar-refractivity contribution in [1.29, 1.82) is 0 Å². The second kappa shape index (κ2) is 11.1. The summed E-state index contributed by atoms with van der Waals surface area (Å²) in [5.74, 6) is -0.704. The molecule has 3 amide bonds. The van der Waals surface area contributed by atoms with E-state index in [1.165, 1.54) is 26.2 Å². The molecule has 0 aliphatic rings. The number of methoxy groups -OCH3 is 1. The zero-order valence-corrected chi connectivity index (χ0v) is 17.6. The van der Waals surface area contributed by atoms with Gasteiger partial charge in [0.05, 0.1) is 12.7 Å². The van der Waals surface area contributed by atoms with Gasteiger partial charge in [-0.15, -0.1) is 0 Å². The van der Waals surface area contributed by atoms with E-state index in [0.717, 1.165) is 5.56 Å². The number of nitrogens with one attached hydrogen (secondary N) is 2. The molecular formula is C21H23ClN2O6. The summed E-state index contributed by atoms with van der Waals surface area (Å²) in [5.41, 5.74) is 1.08. The molecule has 9 heteroatoms. The highest BCUT2D eigenvalue weighted by Gasteiger charge is 2.21. The lowest BCUT2D eigenvalue weighted by molar-refractivity contribution is -0.127. The molecule has 2 aromatic carbocycles. The van der Waals surface area contributed by atoms with Crippen LogP contribution in [0.15, 0.2) is 42.5 Å². The van der Waals surface area contributed by atoms with Gasteiger partial charge in [0.1, 0.15) is 6.61 Å². The molecule has 2 aromatic rings. The van der Waals surface area contributed by atoms with Crippen LogP contribution >= 0.6 is 11.6 Å². The fourth-order valence-electron chi connectivity index (χ4n) is 2.36. The Hall–Kier alpha value is -3.26. The summed E-state index contributed by atoms with van der Waals surface area (Å²) in [4.78, 5) is 35.7. The van der Waals surface area contributed by atoms with Crippen LogP contribution in [0.3, 0.4) is 0 Å². The topological polar surface area (TPSA) is 103 Å². The maximum Gasteiger partial charge on any atom is 0.339 e. The third-order valence-corrected chi connectivity index (χ3v) is 4.19. The molecule has 0 saturated heterocycles. The van der Waals surface area contributed by atoms with Gasteiger partial charge in [-0.05, 0) is 49.7 Å². The Labute approximate surface area is 179 Å². The van der Waals surface area contributed by atoms with Crippen molar-refractivity contribution in [2.45, 2.75) is 26.6 Å². The molecule has 0 saturated carbocycles. The standard InChI is InChI=1S/C21H23ClN2O6/c1-4-23-21(27)24-19(25)13(2)30-20(26)15-7-10-17(18(11-15)28-3)29-12-14-5-8-16(22)9-6-14/h5-11,13H,4,12H2,1-3H3,(H2,23,24,25,27). The fourth-order valence-corrected chi connectivity index (χ4v) is 2.48. The van der Waals surface area contributed by atoms with Gasteiger partial charge in [0.2, 0.25) is 0 Å². The van der Waals surface area contributed by atoms with Crippen molar-refractivity contribution in [1.82, 2.24) is 10.6 Å². The van der Waals surface area contributed by atoms with Crippen LogP contribution in [0.1, 0.15) is 29.8 Å². The van der Waals surface area contributed by atoms with Crippen LogP contribution in [-0.2, 0) is 16.1 Å². The molecule has 2 rings (SSSR count). The van der Waals surface area contributed by atoms with Crippen molar-refractivity contribution in [3.63, 3.8) is 0 Å². The van der Waals surface area contributed by atoms with Crippen molar-refractivity contribution in [3.05, 3.63) is 58.6 Å². The highest BCUT2D eigenvalue weighted by molar-refractivity contribution is 6.30. The van der Waals surface area contributed by atoms with Crippen LogP contribution in [-0.4, -0.2) is 37.7 Å². The van der Waals surface area contributed by atoms with Crippen molar-refractivity contribution in [2.24, 2.45) is 0 Å². The minimum Gasteiger partial charge on any atom is -0.493 e. The zero-order chi connectivity index (χ0) is 22.1. The van der Waals surface area contributed by atoms with E-state index in [1.54, 1.807) is 25.1 Å². The normalized spacial score (nSPS) is 11.2. The largest absolute Gasteiger partial charge is 0.493 e. The van der Waals surface area contributed by atoms with Gasteiger partial charge in [-0.2, -0.15) is 0 Å². The van der Waals surface area contributed by atoms with Crippen LogP contribution < -0.4 is 20.1 Å². The predicted molar refractivity (Wildman–Crippen MR) is 111 cm³/mol. The highest BCUT2D eigenvalue weighted by atomic mass is 35.5. The van der Waals surface area contributed by atoms with E-state index in [1.807, 2.05) is 12.1 Å². The lowest BCUT2D eigenvalue weighted by atomic mass is 10.2. The van der Waals surface area contributed by atoms with Crippen LogP contribution in [0.5, 0.6) is 11.5 Å². The third-order valence-electron chi connectivity index (χ3n) is 3.93. The Bertz CT molecular complexity index is 901. The van der Waals surface area contributed by atoms with E-state index in [4.69, 9.17) is 25.8 Å². The Kier molecular flexibility index (Phi) is 8.49. The second-order valence-electron chi connectivity index (χ2n) is 6.18. The molecule has 0 fully saturated rings. The summed E-state index contributed by atoms with van der Waals surface area (Å²) >= 11 is 5.87. The minimum atomic E-state index is -1.16. The van der Waals surface area contributed by atoms with Gasteiger partial charge in [-0.3, -0.25) is 10.1 Å². The fraction of sp³-hybridized carbons (Fsp3) is 0.286. The zero-order valence-electron chi connectivity index (χ0n) is 16.9. The maximum atomic E-state index is 12.4. The molecule has 8 nitrogen and oxygen atoms in total. The Morgan fingerprint density at radius 3 is 2.40 bits per heavy atom. The monoisotopic (exact) mass is 434 g/mol. The van der Waals surface area contributed by atoms with E-state index < -0.39 is 24.0 Å². The lowest BCUT2D eigenvalue weighted by Crippen LogP contribution is -2.44. The second-order valence-corrected chi connectivity index (χ2v) is 6.61. The van der Waals surface area contributed by atoms with Gasteiger partial charge in [0.25, 0.3) is 5.91 Å². The molecule has 0 bridgehead atoms. The molecule has 2 N–H and O–H groups in total. The Balaban J connectivity index is 2.00. The van der Waals surface area contributed by atoms with Crippen molar-refractivity contribution >= 4 is 29.5 Å². The molecule has 160 valence electrons. The summed E-state index contributed by atoms with van der Waals surface area (Å²) in [6.45, 7) is 3.73. The average molecular weight is 435 g/mol. The van der Waals surface area contributed by atoms with Crippen LogP contribution in [0, 0.1) is 0 Å². The Morgan fingerprint density at radius 1 is 1.07 bits per heavy atom. The first-order valence-corrected chi connectivity index (χ1v) is 9.56. The number of halogens is 1. The van der Waals surface area contributed by atoms with Gasteiger partial charge in [0.15, 0.2) is 17.6 Å². The molecule has 0 aromatic heterocycles. The molecular weight excluding hydrogens is 412 g/mol. The Morgan fingerprint density at radius 2 is 1.77 bits per heavy atom. The van der Waals surface area contributed by atoms with Crippen LogP contribution in [0.4, 0.5) is 4.79 Å². The van der Waals surface area contributed by atoms with Crippen molar-refractivity contribution < 1.29 is 28.6 Å². The number of carbonyl (C=O) groups is 3. The summed E-state index contributed by atoms with van der Waals surface area (Å²) in [7, 11) is 1.45. The molecule has 0 spiro atoms. The average Bonchev–Trinajstić information content (AvgIpc) is 2.73. The molecule has 0 heterocycles.